The number of aromatic nitrogens is 2. The third kappa shape index (κ3) is 3.34. The van der Waals surface area contributed by atoms with Crippen LogP contribution >= 0.6 is 6.34 Å². The number of halogens is 1. The molecule has 0 amide bonds. The number of amidine groups is 1. The molecule has 0 radical (unpaired) electrons. The van der Waals surface area contributed by atoms with Gasteiger partial charge in [-0.15, -0.1) is 0 Å². The quantitative estimate of drug-likeness (QED) is 0.565. The minimum Gasteiger partial charge on any atom is -0.379 e. The second-order valence-electron chi connectivity index (χ2n) is 7.58. The summed E-state index contributed by atoms with van der Waals surface area (Å²) in [4.78, 5) is 5.04. The number of fused-ring (bicyclic) bond motifs is 1. The molecule has 1 atom stereocenters. The lowest BCUT2D eigenvalue weighted by Crippen LogP contribution is -2.45. The van der Waals surface area contributed by atoms with Gasteiger partial charge in [0.2, 0.25) is 0 Å². The highest BCUT2D eigenvalue weighted by Crippen LogP contribution is 2.57. The lowest BCUT2D eigenvalue weighted by atomic mass is 10.2. The Labute approximate surface area is 186 Å². The lowest BCUT2D eigenvalue weighted by Gasteiger charge is -2.45. The molecule has 9 heteroatoms. The van der Waals surface area contributed by atoms with Crippen molar-refractivity contribution in [2.24, 2.45) is 4.99 Å². The highest BCUT2D eigenvalue weighted by Gasteiger charge is 2.43. The van der Waals surface area contributed by atoms with Crippen LogP contribution in [0.3, 0.4) is 0 Å². The summed E-state index contributed by atoms with van der Waals surface area (Å²) in [5.74, 6) is 1.22. The smallest absolute Gasteiger partial charge is 0.169 e. The Morgan fingerprint density at radius 3 is 2.39 bits per heavy atom. The van der Waals surface area contributed by atoms with E-state index >= 15 is 0 Å². The second-order valence-corrected chi connectivity index (χ2v) is 11.8. The third-order valence-electron chi connectivity index (χ3n) is 5.70. The predicted octanol–water partition coefficient (Wildman–Crippen LogP) is 3.61. The normalized spacial score (nSPS) is 21.6. The summed E-state index contributed by atoms with van der Waals surface area (Å²) in [7, 11) is 2.00. The Bertz CT molecular complexity index is 1190. The number of aryl methyl sites for hydroxylation is 1. The molecule has 6 nitrogen and oxygen atoms in total. The predicted molar refractivity (Wildman–Crippen MR) is 125 cm³/mol. The summed E-state index contributed by atoms with van der Waals surface area (Å²) in [5.41, 5.74) is 2.65. The zero-order chi connectivity index (χ0) is 21.6. The van der Waals surface area contributed by atoms with Crippen LogP contribution in [0.5, 0.6) is 0 Å². The number of nitrogens with zero attached hydrogens (tertiary/aromatic N) is 5. The molecule has 2 aliphatic heterocycles. The molecule has 160 valence electrons. The van der Waals surface area contributed by atoms with Crippen LogP contribution < -0.4 is 5.30 Å². The minimum atomic E-state index is -2.43. The van der Waals surface area contributed by atoms with Gasteiger partial charge in [-0.1, -0.05) is 30.0 Å². The van der Waals surface area contributed by atoms with Crippen LogP contribution in [0.15, 0.2) is 59.6 Å². The first-order valence-corrected chi connectivity index (χ1v) is 12.9. The standard InChI is InChI=1S/C22H23FN5OPS/c1-16-20-22(28(25-16)19-6-4-3-5-7-19)24-21(17-8-10-18(23)11-9-17)26(2)30(20,31)27-12-14-29-15-13-27/h3-11H,12-15H2,1-2H3. The van der Waals surface area contributed by atoms with Crippen LogP contribution in [-0.2, 0) is 16.5 Å². The van der Waals surface area contributed by atoms with Gasteiger partial charge < -0.3 is 9.41 Å². The Morgan fingerprint density at radius 1 is 1.03 bits per heavy atom. The zero-order valence-electron chi connectivity index (χ0n) is 17.4. The van der Waals surface area contributed by atoms with E-state index in [2.05, 4.69) is 9.34 Å². The van der Waals surface area contributed by atoms with Crippen molar-refractivity contribution in [3.63, 3.8) is 0 Å². The summed E-state index contributed by atoms with van der Waals surface area (Å²) in [6, 6.07) is 16.4. The summed E-state index contributed by atoms with van der Waals surface area (Å²) >= 11 is 6.50. The number of aliphatic imine (C=N–C) groups is 1. The Kier molecular flexibility index (Phi) is 5.26. The van der Waals surface area contributed by atoms with E-state index in [0.29, 0.717) is 13.2 Å². The Hall–Kier alpha value is -2.38. The number of rotatable bonds is 3. The van der Waals surface area contributed by atoms with Gasteiger partial charge in [0.25, 0.3) is 0 Å². The van der Waals surface area contributed by atoms with Crippen molar-refractivity contribution in [3.05, 3.63) is 71.7 Å². The van der Waals surface area contributed by atoms with Gasteiger partial charge in [-0.3, -0.25) is 4.67 Å². The minimum absolute atomic E-state index is 0.277. The molecule has 1 fully saturated rings. The second kappa shape index (κ2) is 7.95. The average molecular weight is 455 g/mol. The van der Waals surface area contributed by atoms with Crippen LogP contribution in [0, 0.1) is 12.7 Å². The maximum Gasteiger partial charge on any atom is 0.169 e. The fraction of sp³-hybridized carbons (Fsp3) is 0.273. The monoisotopic (exact) mass is 455 g/mol. The molecule has 0 N–H and O–H groups in total. The summed E-state index contributed by atoms with van der Waals surface area (Å²) in [6.45, 7) is 4.82. The van der Waals surface area contributed by atoms with Crippen molar-refractivity contribution in [1.29, 1.82) is 0 Å². The average Bonchev–Trinajstić information content (AvgIpc) is 3.15. The number of ether oxygens (including phenoxy) is 1. The molecule has 1 saturated heterocycles. The maximum atomic E-state index is 13.6. The summed E-state index contributed by atoms with van der Waals surface area (Å²) < 4.78 is 25.6. The van der Waals surface area contributed by atoms with E-state index < -0.39 is 6.34 Å². The molecular formula is C22H23FN5OPS. The van der Waals surface area contributed by atoms with Crippen molar-refractivity contribution in [2.45, 2.75) is 6.92 Å². The van der Waals surface area contributed by atoms with Crippen molar-refractivity contribution in [3.8, 4) is 5.69 Å². The zero-order valence-corrected chi connectivity index (χ0v) is 19.1. The number of para-hydroxylation sites is 1. The summed E-state index contributed by atoms with van der Waals surface area (Å²) in [5, 5.41) is 5.87. The van der Waals surface area contributed by atoms with Crippen LogP contribution in [-0.4, -0.2) is 58.3 Å². The molecular weight excluding hydrogens is 432 g/mol. The number of hydrogen-bond acceptors (Lipinski definition) is 4. The third-order valence-corrected chi connectivity index (χ3v) is 10.9. The fourth-order valence-electron chi connectivity index (χ4n) is 4.15. The lowest BCUT2D eigenvalue weighted by molar-refractivity contribution is 0.0738. The SMILES string of the molecule is Cc1nn(-c2ccccc2)c2c1P(=S)(N1CCOCC1)N(C)C(c1ccc(F)cc1)=N2. The summed E-state index contributed by atoms with van der Waals surface area (Å²) in [6.07, 6.45) is -2.43. The van der Waals surface area contributed by atoms with E-state index in [0.717, 1.165) is 47.0 Å². The molecule has 3 aromatic rings. The fourth-order valence-corrected chi connectivity index (χ4v) is 8.47. The highest BCUT2D eigenvalue weighted by molar-refractivity contribution is 8.16. The van der Waals surface area contributed by atoms with Crippen LogP contribution in [0.25, 0.3) is 5.69 Å². The van der Waals surface area contributed by atoms with Gasteiger partial charge in [0, 0.05) is 25.7 Å². The van der Waals surface area contributed by atoms with E-state index in [1.807, 2.05) is 49.0 Å². The molecule has 0 spiro atoms. The maximum absolute atomic E-state index is 13.6. The molecule has 0 aliphatic carbocycles. The molecule has 1 aromatic heterocycles. The van der Waals surface area contributed by atoms with Crippen molar-refractivity contribution < 1.29 is 9.13 Å². The van der Waals surface area contributed by atoms with Gasteiger partial charge in [-0.05, 0) is 43.3 Å². The van der Waals surface area contributed by atoms with Gasteiger partial charge >= 0.3 is 0 Å². The van der Waals surface area contributed by atoms with E-state index in [1.165, 1.54) is 12.1 Å². The molecule has 0 bridgehead atoms. The first kappa shape index (κ1) is 20.5. The van der Waals surface area contributed by atoms with Gasteiger partial charge in [0.1, 0.15) is 18.0 Å². The molecule has 3 heterocycles. The molecule has 5 rings (SSSR count). The van der Waals surface area contributed by atoms with Crippen LogP contribution in [0.2, 0.25) is 0 Å². The van der Waals surface area contributed by atoms with Gasteiger partial charge in [-0.25, -0.2) is 14.1 Å². The molecule has 2 aliphatic rings. The van der Waals surface area contributed by atoms with E-state index in [-0.39, 0.29) is 5.82 Å². The molecule has 31 heavy (non-hydrogen) atoms. The van der Waals surface area contributed by atoms with Crippen molar-refractivity contribution >= 4 is 35.1 Å². The van der Waals surface area contributed by atoms with Crippen molar-refractivity contribution in [1.82, 2.24) is 19.1 Å². The Morgan fingerprint density at radius 2 is 1.71 bits per heavy atom. The Balaban J connectivity index is 1.76. The van der Waals surface area contributed by atoms with Crippen LogP contribution in [0.1, 0.15) is 11.3 Å². The van der Waals surface area contributed by atoms with E-state index in [4.69, 9.17) is 26.6 Å². The van der Waals surface area contributed by atoms with Crippen LogP contribution in [0.4, 0.5) is 10.2 Å². The topological polar surface area (TPSA) is 45.9 Å². The van der Waals surface area contributed by atoms with Gasteiger partial charge in [0.15, 0.2) is 5.82 Å². The van der Waals surface area contributed by atoms with Gasteiger partial charge in [0.05, 0.1) is 29.9 Å². The molecule has 2 aromatic carbocycles. The first-order chi connectivity index (χ1) is 15.0. The molecule has 1 unspecified atom stereocenters. The number of hydrogen-bond donors (Lipinski definition) is 0. The highest BCUT2D eigenvalue weighted by atomic mass is 32.4. The van der Waals surface area contributed by atoms with Gasteiger partial charge in [-0.2, -0.15) is 5.10 Å². The largest absolute Gasteiger partial charge is 0.379 e. The van der Waals surface area contributed by atoms with E-state index in [1.54, 1.807) is 12.1 Å². The number of benzene rings is 2. The number of morpholine rings is 1. The first-order valence-electron chi connectivity index (χ1n) is 10.2. The molecule has 0 saturated carbocycles. The van der Waals surface area contributed by atoms with E-state index in [9.17, 15) is 4.39 Å². The van der Waals surface area contributed by atoms with Crippen molar-refractivity contribution in [2.75, 3.05) is 33.4 Å².